The second kappa shape index (κ2) is 6.31. The second-order valence-corrected chi connectivity index (χ2v) is 4.38. The molecular weight excluding hydrogens is 260 g/mol. The summed E-state index contributed by atoms with van der Waals surface area (Å²) in [6, 6.07) is 0. The van der Waals surface area contributed by atoms with E-state index < -0.39 is 5.97 Å². The lowest BCUT2D eigenvalue weighted by atomic mass is 10.1. The van der Waals surface area contributed by atoms with Gasteiger partial charge < -0.3 is 9.47 Å². The number of nitrogens with one attached hydrogen (secondary N) is 1. The highest BCUT2D eigenvalue weighted by molar-refractivity contribution is 6.03. The van der Waals surface area contributed by atoms with Gasteiger partial charge in [-0.15, -0.1) is 0 Å². The summed E-state index contributed by atoms with van der Waals surface area (Å²) in [4.78, 5) is 16.4. The molecule has 2 aromatic rings. The molecule has 2 heterocycles. The first-order chi connectivity index (χ1) is 9.69. The number of hydrogen-bond donors (Lipinski definition) is 1. The van der Waals surface area contributed by atoms with E-state index in [0.717, 1.165) is 12.8 Å². The first kappa shape index (κ1) is 14.2. The van der Waals surface area contributed by atoms with Gasteiger partial charge in [-0.3, -0.25) is 0 Å². The number of H-pyrrole nitrogens is 1. The molecule has 0 radical (unpaired) electrons. The number of pyridine rings is 1. The van der Waals surface area contributed by atoms with Crippen molar-refractivity contribution in [1.82, 2.24) is 20.4 Å². The molecule has 108 valence electrons. The fourth-order valence-corrected chi connectivity index (χ4v) is 1.80. The molecule has 0 amide bonds. The third kappa shape index (κ3) is 2.71. The molecule has 0 atom stereocenters. The monoisotopic (exact) mass is 278 g/mol. The molecule has 2 rings (SSSR count). The van der Waals surface area contributed by atoms with Gasteiger partial charge in [0.1, 0.15) is 11.1 Å². The summed E-state index contributed by atoms with van der Waals surface area (Å²) in [5.41, 5.74) is 1.75. The molecule has 20 heavy (non-hydrogen) atoms. The third-order valence-corrected chi connectivity index (χ3v) is 2.70. The van der Waals surface area contributed by atoms with Crippen molar-refractivity contribution in [3.05, 3.63) is 11.3 Å². The van der Waals surface area contributed by atoms with Crippen LogP contribution in [0, 0.1) is 6.92 Å². The van der Waals surface area contributed by atoms with Gasteiger partial charge in [-0.1, -0.05) is 13.8 Å². The Morgan fingerprint density at radius 1 is 1.15 bits per heavy atom. The van der Waals surface area contributed by atoms with Crippen molar-refractivity contribution in [2.24, 2.45) is 0 Å². The van der Waals surface area contributed by atoms with Crippen LogP contribution in [0.5, 0.6) is 5.88 Å². The Morgan fingerprint density at radius 3 is 2.55 bits per heavy atom. The predicted octanol–water partition coefficient (Wildman–Crippen LogP) is 2.02. The largest absolute Gasteiger partial charge is 0.476 e. The third-order valence-electron chi connectivity index (χ3n) is 2.70. The highest BCUT2D eigenvalue weighted by Crippen LogP contribution is 2.25. The van der Waals surface area contributed by atoms with Crippen LogP contribution in [0.3, 0.4) is 0 Å². The van der Waals surface area contributed by atoms with Crippen LogP contribution < -0.4 is 4.74 Å². The zero-order chi connectivity index (χ0) is 14.5. The molecule has 0 aliphatic carbocycles. The van der Waals surface area contributed by atoms with Gasteiger partial charge in [-0.05, 0) is 19.8 Å². The molecule has 0 aliphatic heterocycles. The Hall–Kier alpha value is -2.18. The van der Waals surface area contributed by atoms with E-state index in [1.54, 1.807) is 6.92 Å². The van der Waals surface area contributed by atoms with Gasteiger partial charge in [-0.2, -0.15) is 15.4 Å². The van der Waals surface area contributed by atoms with Crippen LogP contribution in [0.2, 0.25) is 0 Å². The lowest BCUT2D eigenvalue weighted by molar-refractivity contribution is 0.0506. The van der Waals surface area contributed by atoms with Crippen molar-refractivity contribution >= 4 is 17.0 Å². The molecule has 0 aliphatic rings. The van der Waals surface area contributed by atoms with Gasteiger partial charge in [0.25, 0.3) is 0 Å². The number of aromatic amines is 1. The van der Waals surface area contributed by atoms with Crippen molar-refractivity contribution in [3.8, 4) is 5.88 Å². The van der Waals surface area contributed by atoms with Crippen LogP contribution in [-0.4, -0.2) is 39.6 Å². The minimum absolute atomic E-state index is 0.339. The molecule has 0 saturated carbocycles. The standard InChI is InChI=1S/C13H18N4O3/c1-4-6-19-12-11-10(15-17-16-11)9(8(3)14-12)13(18)20-7-5-2/h4-7H2,1-3H3,(H,15,16,17). The van der Waals surface area contributed by atoms with Gasteiger partial charge in [0, 0.05) is 0 Å². The number of carbonyl (C=O) groups excluding carboxylic acids is 1. The number of aromatic nitrogens is 4. The molecule has 1 N–H and O–H groups in total. The number of rotatable bonds is 6. The minimum atomic E-state index is -0.433. The maximum atomic E-state index is 12.1. The average molecular weight is 278 g/mol. The first-order valence-electron chi connectivity index (χ1n) is 6.70. The van der Waals surface area contributed by atoms with Gasteiger partial charge in [0.2, 0.25) is 5.88 Å². The van der Waals surface area contributed by atoms with Gasteiger partial charge in [-0.25, -0.2) is 9.78 Å². The van der Waals surface area contributed by atoms with Crippen molar-refractivity contribution in [2.75, 3.05) is 13.2 Å². The Morgan fingerprint density at radius 2 is 1.85 bits per heavy atom. The summed E-state index contributed by atoms with van der Waals surface area (Å²) in [6.45, 7) is 6.57. The predicted molar refractivity (Wildman–Crippen MR) is 72.8 cm³/mol. The van der Waals surface area contributed by atoms with Crippen LogP contribution in [0.25, 0.3) is 11.0 Å². The number of aryl methyl sites for hydroxylation is 1. The van der Waals surface area contributed by atoms with Gasteiger partial charge in [0.15, 0.2) is 5.52 Å². The first-order valence-corrected chi connectivity index (χ1v) is 6.70. The van der Waals surface area contributed by atoms with Crippen molar-refractivity contribution < 1.29 is 14.3 Å². The normalized spacial score (nSPS) is 10.8. The number of fused-ring (bicyclic) bond motifs is 1. The van der Waals surface area contributed by atoms with E-state index in [0.29, 0.717) is 41.4 Å². The van der Waals surface area contributed by atoms with Crippen LogP contribution in [-0.2, 0) is 4.74 Å². The summed E-state index contributed by atoms with van der Waals surface area (Å²) >= 11 is 0. The molecule has 0 unspecified atom stereocenters. The topological polar surface area (TPSA) is 90.0 Å². The van der Waals surface area contributed by atoms with Crippen LogP contribution in [0.1, 0.15) is 42.7 Å². The zero-order valence-corrected chi connectivity index (χ0v) is 11.9. The van der Waals surface area contributed by atoms with E-state index in [-0.39, 0.29) is 0 Å². The van der Waals surface area contributed by atoms with Gasteiger partial charge in [0.05, 0.1) is 18.9 Å². The molecule has 0 saturated heterocycles. The molecule has 0 fully saturated rings. The van der Waals surface area contributed by atoms with E-state index in [9.17, 15) is 4.79 Å². The Labute approximate surface area is 116 Å². The van der Waals surface area contributed by atoms with E-state index in [4.69, 9.17) is 9.47 Å². The van der Waals surface area contributed by atoms with Crippen molar-refractivity contribution in [3.63, 3.8) is 0 Å². The lowest BCUT2D eigenvalue weighted by Gasteiger charge is -2.09. The molecular formula is C13H18N4O3. The minimum Gasteiger partial charge on any atom is -0.476 e. The summed E-state index contributed by atoms with van der Waals surface area (Å²) in [5, 5.41) is 10.5. The molecule has 0 bridgehead atoms. The van der Waals surface area contributed by atoms with Crippen LogP contribution in [0.15, 0.2) is 0 Å². The summed E-state index contributed by atoms with van der Waals surface area (Å²) in [7, 11) is 0. The average Bonchev–Trinajstić information content (AvgIpc) is 2.91. The van der Waals surface area contributed by atoms with Gasteiger partial charge >= 0.3 is 5.97 Å². The number of ether oxygens (including phenoxy) is 2. The van der Waals surface area contributed by atoms with Crippen molar-refractivity contribution in [2.45, 2.75) is 33.6 Å². The highest BCUT2D eigenvalue weighted by Gasteiger charge is 2.22. The second-order valence-electron chi connectivity index (χ2n) is 4.38. The van der Waals surface area contributed by atoms with E-state index in [1.807, 2.05) is 13.8 Å². The van der Waals surface area contributed by atoms with E-state index in [1.165, 1.54) is 0 Å². The smallest absolute Gasteiger partial charge is 0.342 e. The fourth-order valence-electron chi connectivity index (χ4n) is 1.80. The van der Waals surface area contributed by atoms with Crippen LogP contribution in [0.4, 0.5) is 0 Å². The fraction of sp³-hybridized carbons (Fsp3) is 0.538. The number of carbonyl (C=O) groups is 1. The van der Waals surface area contributed by atoms with Crippen LogP contribution >= 0.6 is 0 Å². The molecule has 0 spiro atoms. The number of nitrogens with zero attached hydrogens (tertiary/aromatic N) is 3. The van der Waals surface area contributed by atoms with E-state index >= 15 is 0 Å². The Bertz CT molecular complexity index is 609. The summed E-state index contributed by atoms with van der Waals surface area (Å²) < 4.78 is 10.7. The number of hydrogen-bond acceptors (Lipinski definition) is 6. The number of esters is 1. The van der Waals surface area contributed by atoms with Crippen molar-refractivity contribution in [1.29, 1.82) is 0 Å². The zero-order valence-electron chi connectivity index (χ0n) is 11.9. The quantitative estimate of drug-likeness (QED) is 0.813. The molecule has 7 heteroatoms. The molecule has 7 nitrogen and oxygen atoms in total. The SMILES string of the molecule is CCCOC(=O)c1c(C)nc(OCCC)c2n[nH]nc12. The highest BCUT2D eigenvalue weighted by atomic mass is 16.5. The Kier molecular flexibility index (Phi) is 4.49. The summed E-state index contributed by atoms with van der Waals surface area (Å²) in [5.74, 6) is -0.0436. The molecule has 0 aromatic carbocycles. The molecule has 2 aromatic heterocycles. The summed E-state index contributed by atoms with van der Waals surface area (Å²) in [6.07, 6.45) is 1.62. The maximum Gasteiger partial charge on any atom is 0.342 e. The lowest BCUT2D eigenvalue weighted by Crippen LogP contribution is -2.11. The maximum absolute atomic E-state index is 12.1. The van der Waals surface area contributed by atoms with E-state index in [2.05, 4.69) is 20.4 Å². The Balaban J connectivity index is 2.43.